The molecule has 0 radical (unpaired) electrons. The highest BCUT2D eigenvalue weighted by atomic mass is 35.5. The number of ether oxygens (including phenoxy) is 1. The van der Waals surface area contributed by atoms with Crippen LogP contribution in [0.4, 0.5) is 5.82 Å². The number of hydrogen-bond acceptors (Lipinski definition) is 8. The van der Waals surface area contributed by atoms with E-state index >= 15 is 0 Å². The number of hydrogen-bond donors (Lipinski definition) is 3. The van der Waals surface area contributed by atoms with Crippen LogP contribution in [0.25, 0.3) is 11.0 Å². The fraction of sp³-hybridized carbons (Fsp3) is 0.750. The lowest BCUT2D eigenvalue weighted by atomic mass is 9.68. The van der Waals surface area contributed by atoms with Crippen LogP contribution in [-0.4, -0.2) is 67.3 Å². The van der Waals surface area contributed by atoms with Gasteiger partial charge in [-0.2, -0.15) is 15.1 Å². The number of anilines is 1. The van der Waals surface area contributed by atoms with Gasteiger partial charge >= 0.3 is 0 Å². The molecule has 4 rings (SSSR count). The van der Waals surface area contributed by atoms with Crippen LogP contribution < -0.4 is 4.90 Å². The van der Waals surface area contributed by atoms with Gasteiger partial charge in [0.2, 0.25) is 5.28 Å². The van der Waals surface area contributed by atoms with E-state index in [4.69, 9.17) is 26.6 Å². The van der Waals surface area contributed by atoms with Gasteiger partial charge in [0.05, 0.1) is 11.6 Å². The van der Waals surface area contributed by atoms with Gasteiger partial charge in [0, 0.05) is 38.6 Å². The van der Waals surface area contributed by atoms with Crippen molar-refractivity contribution >= 4 is 28.5 Å². The molecule has 1 saturated heterocycles. The monoisotopic (exact) mass is 441 g/mol. The summed E-state index contributed by atoms with van der Waals surface area (Å²) in [5, 5.41) is 31.3. The summed E-state index contributed by atoms with van der Waals surface area (Å²) in [5.74, 6) is -0.621. The van der Waals surface area contributed by atoms with Crippen LogP contribution >= 0.6 is 11.6 Å². The van der Waals surface area contributed by atoms with Gasteiger partial charge in [-0.05, 0) is 38.3 Å². The molecule has 3 heterocycles. The quantitative estimate of drug-likeness (QED) is 0.478. The third-order valence-corrected chi connectivity index (χ3v) is 5.74. The molecule has 2 aromatic rings. The average molecular weight is 442 g/mol. The van der Waals surface area contributed by atoms with Gasteiger partial charge in [0.25, 0.3) is 0 Å². The molecule has 168 valence electrons. The van der Waals surface area contributed by atoms with Crippen molar-refractivity contribution in [1.82, 2.24) is 19.7 Å². The number of aliphatic hydroxyl groups excluding tert-OH is 1. The minimum absolute atomic E-state index is 0.237. The number of aliphatic hydroxyl groups is 3. The molecule has 3 N–H and O–H groups in total. The predicted molar refractivity (Wildman–Crippen MR) is 114 cm³/mol. The molecule has 2 aliphatic rings. The summed E-state index contributed by atoms with van der Waals surface area (Å²) in [6, 6.07) is 0. The molecule has 1 saturated carbocycles. The Morgan fingerprint density at radius 1 is 1.20 bits per heavy atom. The molecule has 1 spiro atoms. The molecule has 0 amide bonds. The molecule has 10 heteroatoms. The SMILES string of the molecule is CC(C)(O)O.COC(O)CCn1ncc2c(N3CC4(CCCCC4)C3)nc(Cl)nc21. The summed E-state index contributed by atoms with van der Waals surface area (Å²) in [6.07, 6.45) is 8.12. The normalized spacial score (nSPS) is 19.4. The smallest absolute Gasteiger partial charge is 0.226 e. The highest BCUT2D eigenvalue weighted by Gasteiger charge is 2.44. The molecule has 9 nitrogen and oxygen atoms in total. The molecule has 30 heavy (non-hydrogen) atoms. The van der Waals surface area contributed by atoms with Crippen LogP contribution in [0.15, 0.2) is 6.20 Å². The number of halogens is 1. The van der Waals surface area contributed by atoms with Gasteiger partial charge in [0.1, 0.15) is 5.82 Å². The van der Waals surface area contributed by atoms with E-state index in [1.807, 2.05) is 0 Å². The first-order valence-corrected chi connectivity index (χ1v) is 10.8. The zero-order valence-corrected chi connectivity index (χ0v) is 18.6. The van der Waals surface area contributed by atoms with Gasteiger partial charge in [-0.25, -0.2) is 4.68 Å². The van der Waals surface area contributed by atoms with Gasteiger partial charge < -0.3 is 25.0 Å². The predicted octanol–water partition coefficient (Wildman–Crippen LogP) is 2.31. The minimum Gasteiger partial charge on any atom is -0.368 e. The number of nitrogens with zero attached hydrogens (tertiary/aromatic N) is 5. The standard InChI is InChI=1S/C17H24ClN5O2.C3H8O2/c1-25-13(24)5-8-23-15-12(9-19-23)14(20-16(18)21-15)22-10-17(11-22)6-3-2-4-7-17;1-3(2,4)5/h9,13,24H,2-8,10-11H2,1H3;4-5H,1-2H3. The zero-order valence-electron chi connectivity index (χ0n) is 17.9. The van der Waals surface area contributed by atoms with Crippen LogP contribution in [0.1, 0.15) is 52.4 Å². The lowest BCUT2D eigenvalue weighted by molar-refractivity contribution is -0.127. The molecule has 2 aromatic heterocycles. The van der Waals surface area contributed by atoms with Crippen molar-refractivity contribution < 1.29 is 20.1 Å². The Kier molecular flexibility index (Phi) is 7.19. The fourth-order valence-electron chi connectivity index (χ4n) is 4.20. The van der Waals surface area contributed by atoms with Crippen molar-refractivity contribution in [3.8, 4) is 0 Å². The van der Waals surface area contributed by atoms with Gasteiger partial charge in [-0.3, -0.25) is 0 Å². The largest absolute Gasteiger partial charge is 0.368 e. The van der Waals surface area contributed by atoms with Gasteiger partial charge in [-0.15, -0.1) is 0 Å². The lowest BCUT2D eigenvalue weighted by Crippen LogP contribution is -2.57. The van der Waals surface area contributed by atoms with Crippen molar-refractivity contribution in [3.05, 3.63) is 11.5 Å². The van der Waals surface area contributed by atoms with E-state index in [2.05, 4.69) is 20.0 Å². The van der Waals surface area contributed by atoms with E-state index < -0.39 is 12.1 Å². The second-order valence-electron chi connectivity index (χ2n) is 8.81. The maximum absolute atomic E-state index is 9.58. The van der Waals surface area contributed by atoms with E-state index in [0.29, 0.717) is 24.0 Å². The van der Waals surface area contributed by atoms with Crippen LogP contribution in [0, 0.1) is 5.41 Å². The van der Waals surface area contributed by atoms with Crippen molar-refractivity contribution in [3.63, 3.8) is 0 Å². The highest BCUT2D eigenvalue weighted by Crippen LogP contribution is 2.46. The molecule has 2 fully saturated rings. The Labute approximate surface area is 181 Å². The number of aryl methyl sites for hydroxylation is 1. The van der Waals surface area contributed by atoms with E-state index in [0.717, 1.165) is 24.3 Å². The van der Waals surface area contributed by atoms with Crippen molar-refractivity contribution in [2.45, 2.75) is 71.0 Å². The minimum atomic E-state index is -1.50. The van der Waals surface area contributed by atoms with E-state index in [9.17, 15) is 5.11 Å². The maximum Gasteiger partial charge on any atom is 0.226 e. The first-order chi connectivity index (χ1) is 14.1. The van der Waals surface area contributed by atoms with Crippen LogP contribution in [0.2, 0.25) is 5.28 Å². The molecule has 1 aliphatic heterocycles. The summed E-state index contributed by atoms with van der Waals surface area (Å²) in [4.78, 5) is 11.1. The summed E-state index contributed by atoms with van der Waals surface area (Å²) in [5.41, 5.74) is 1.18. The molecular formula is C20H32ClN5O4. The van der Waals surface area contributed by atoms with Crippen LogP contribution in [0.5, 0.6) is 0 Å². The van der Waals surface area contributed by atoms with Crippen molar-refractivity contribution in [1.29, 1.82) is 0 Å². The average Bonchev–Trinajstić information content (AvgIpc) is 3.05. The van der Waals surface area contributed by atoms with E-state index in [1.165, 1.54) is 53.1 Å². The Morgan fingerprint density at radius 2 is 1.83 bits per heavy atom. The topological polar surface area (TPSA) is 117 Å². The number of aromatic nitrogens is 4. The first-order valence-electron chi connectivity index (χ1n) is 10.4. The molecule has 1 atom stereocenters. The highest BCUT2D eigenvalue weighted by molar-refractivity contribution is 6.28. The molecule has 0 bridgehead atoms. The second-order valence-corrected chi connectivity index (χ2v) is 9.15. The Hall–Kier alpha value is -1.52. The maximum atomic E-state index is 9.58. The Bertz CT molecular complexity index is 834. The summed E-state index contributed by atoms with van der Waals surface area (Å²) in [7, 11) is 1.48. The molecule has 1 aliphatic carbocycles. The number of fused-ring (bicyclic) bond motifs is 1. The van der Waals surface area contributed by atoms with Gasteiger partial charge in [0.15, 0.2) is 17.7 Å². The fourth-order valence-corrected chi connectivity index (χ4v) is 4.36. The molecule has 0 aromatic carbocycles. The second kappa shape index (κ2) is 9.32. The number of methoxy groups -OCH3 is 1. The van der Waals surface area contributed by atoms with Crippen LogP contribution in [0.3, 0.4) is 0 Å². The van der Waals surface area contributed by atoms with E-state index in [-0.39, 0.29) is 5.28 Å². The number of rotatable bonds is 5. The lowest BCUT2D eigenvalue weighted by Gasteiger charge is -2.53. The summed E-state index contributed by atoms with van der Waals surface area (Å²) >= 11 is 6.18. The molecular weight excluding hydrogens is 410 g/mol. The Balaban J connectivity index is 0.000000461. The zero-order chi connectivity index (χ0) is 21.9. The third kappa shape index (κ3) is 5.79. The van der Waals surface area contributed by atoms with Crippen molar-refractivity contribution in [2.24, 2.45) is 5.41 Å². The van der Waals surface area contributed by atoms with Crippen molar-refractivity contribution in [2.75, 3.05) is 25.1 Å². The van der Waals surface area contributed by atoms with Crippen LogP contribution in [-0.2, 0) is 11.3 Å². The van der Waals surface area contributed by atoms with E-state index in [1.54, 1.807) is 10.9 Å². The first kappa shape index (κ1) is 23.1. The summed E-state index contributed by atoms with van der Waals surface area (Å²) in [6.45, 7) is 5.20. The third-order valence-electron chi connectivity index (χ3n) is 5.58. The molecule has 1 unspecified atom stereocenters. The summed E-state index contributed by atoms with van der Waals surface area (Å²) < 4.78 is 6.64. The Morgan fingerprint density at radius 3 is 2.43 bits per heavy atom. The van der Waals surface area contributed by atoms with Gasteiger partial charge in [-0.1, -0.05) is 19.3 Å².